The second-order valence-corrected chi connectivity index (χ2v) is 8.63. The second-order valence-electron chi connectivity index (χ2n) is 8.63. The third kappa shape index (κ3) is 5.21. The number of hydrogen-bond donors (Lipinski definition) is 0. The SMILES string of the molecule is Cc1ccccc1/N=C(\c1ccccc1)c1cccc(/C(=N/c2ccccc2C)c2ccccc2)n1. The van der Waals surface area contributed by atoms with Gasteiger partial charge in [0.05, 0.1) is 34.2 Å². The molecule has 174 valence electrons. The third-order valence-electron chi connectivity index (χ3n) is 6.02. The summed E-state index contributed by atoms with van der Waals surface area (Å²) in [4.78, 5) is 15.3. The number of benzene rings is 4. The topological polar surface area (TPSA) is 37.6 Å². The maximum absolute atomic E-state index is 5.12. The van der Waals surface area contributed by atoms with Crippen LogP contribution in [0.2, 0.25) is 0 Å². The lowest BCUT2D eigenvalue weighted by Gasteiger charge is -2.12. The Balaban J connectivity index is 1.69. The number of pyridine rings is 1. The van der Waals surface area contributed by atoms with Gasteiger partial charge in [0.2, 0.25) is 0 Å². The van der Waals surface area contributed by atoms with E-state index in [4.69, 9.17) is 15.0 Å². The van der Waals surface area contributed by atoms with Crippen molar-refractivity contribution in [3.05, 3.63) is 161 Å². The van der Waals surface area contributed by atoms with E-state index in [0.717, 1.165) is 56.4 Å². The van der Waals surface area contributed by atoms with E-state index in [9.17, 15) is 0 Å². The van der Waals surface area contributed by atoms with Crippen LogP contribution in [0, 0.1) is 13.8 Å². The number of rotatable bonds is 6. The molecule has 0 bridgehead atoms. The standard InChI is InChI=1S/C33H27N3/c1-24-14-9-11-20-28(24)35-32(26-16-5-3-6-17-26)30-22-13-23-31(34-30)33(27-18-7-4-8-19-27)36-29-21-12-10-15-25(29)2/h3-23H,1-2H3/b35-32+,36-33+. The van der Waals surface area contributed by atoms with Crippen molar-refractivity contribution < 1.29 is 0 Å². The molecule has 5 rings (SSSR count). The number of aromatic nitrogens is 1. The van der Waals surface area contributed by atoms with Crippen LogP contribution in [-0.4, -0.2) is 16.4 Å². The van der Waals surface area contributed by atoms with E-state index in [-0.39, 0.29) is 0 Å². The molecule has 3 nitrogen and oxygen atoms in total. The van der Waals surface area contributed by atoms with Crippen molar-refractivity contribution in [3.8, 4) is 0 Å². The van der Waals surface area contributed by atoms with E-state index < -0.39 is 0 Å². The van der Waals surface area contributed by atoms with E-state index in [1.54, 1.807) is 0 Å². The van der Waals surface area contributed by atoms with Crippen LogP contribution in [0.5, 0.6) is 0 Å². The number of para-hydroxylation sites is 2. The highest BCUT2D eigenvalue weighted by molar-refractivity contribution is 6.15. The summed E-state index contributed by atoms with van der Waals surface area (Å²) in [5.41, 5.74) is 9.39. The van der Waals surface area contributed by atoms with Gasteiger partial charge in [-0.05, 0) is 49.2 Å². The van der Waals surface area contributed by atoms with E-state index in [1.807, 2.05) is 91.0 Å². The second kappa shape index (κ2) is 10.7. The first kappa shape index (κ1) is 23.1. The zero-order valence-corrected chi connectivity index (χ0v) is 20.5. The lowest BCUT2D eigenvalue weighted by molar-refractivity contribution is 1.24. The first-order valence-electron chi connectivity index (χ1n) is 12.1. The van der Waals surface area contributed by atoms with E-state index in [0.29, 0.717) is 0 Å². The molecule has 5 aromatic rings. The van der Waals surface area contributed by atoms with Crippen LogP contribution in [0.25, 0.3) is 0 Å². The highest BCUT2D eigenvalue weighted by atomic mass is 14.8. The molecule has 36 heavy (non-hydrogen) atoms. The molecule has 0 radical (unpaired) electrons. The molecule has 0 spiro atoms. The minimum absolute atomic E-state index is 0.801. The molecule has 1 aromatic heterocycles. The van der Waals surface area contributed by atoms with Gasteiger partial charge in [0.1, 0.15) is 0 Å². The molecule has 0 aliphatic rings. The predicted molar refractivity (Wildman–Crippen MR) is 150 cm³/mol. The Morgan fingerprint density at radius 3 is 1.25 bits per heavy atom. The maximum Gasteiger partial charge on any atom is 0.0966 e. The van der Waals surface area contributed by atoms with E-state index >= 15 is 0 Å². The molecule has 0 saturated carbocycles. The molecule has 0 unspecified atom stereocenters. The van der Waals surface area contributed by atoms with Crippen molar-refractivity contribution in [3.63, 3.8) is 0 Å². The number of nitrogens with zero attached hydrogens (tertiary/aromatic N) is 3. The van der Waals surface area contributed by atoms with Gasteiger partial charge in [0.25, 0.3) is 0 Å². The molecule has 0 N–H and O–H groups in total. The smallest absolute Gasteiger partial charge is 0.0966 e. The average molecular weight is 466 g/mol. The maximum atomic E-state index is 5.12. The van der Waals surface area contributed by atoms with Crippen molar-refractivity contribution in [2.24, 2.45) is 9.98 Å². The Labute approximate surface area is 212 Å². The molecule has 3 heteroatoms. The number of aryl methyl sites for hydroxylation is 2. The van der Waals surface area contributed by atoms with Gasteiger partial charge in [-0.3, -0.25) is 0 Å². The first-order valence-corrected chi connectivity index (χ1v) is 12.1. The summed E-state index contributed by atoms with van der Waals surface area (Å²) in [5.74, 6) is 0. The Bertz CT molecular complexity index is 1420. The summed E-state index contributed by atoms with van der Waals surface area (Å²) in [7, 11) is 0. The lowest BCUT2D eigenvalue weighted by Crippen LogP contribution is -2.11. The average Bonchev–Trinajstić information content (AvgIpc) is 2.93. The van der Waals surface area contributed by atoms with E-state index in [2.05, 4.69) is 50.2 Å². The van der Waals surface area contributed by atoms with Gasteiger partial charge >= 0.3 is 0 Å². The zero-order chi connectivity index (χ0) is 24.7. The van der Waals surface area contributed by atoms with Crippen LogP contribution < -0.4 is 0 Å². The van der Waals surface area contributed by atoms with Gasteiger partial charge in [0, 0.05) is 11.1 Å². The quantitative estimate of drug-likeness (QED) is 0.234. The highest BCUT2D eigenvalue weighted by Gasteiger charge is 2.14. The Hall–Kier alpha value is -4.63. The molecular weight excluding hydrogens is 438 g/mol. The monoisotopic (exact) mass is 465 g/mol. The number of hydrogen-bond acceptors (Lipinski definition) is 3. The van der Waals surface area contributed by atoms with Crippen molar-refractivity contribution in [1.82, 2.24) is 4.98 Å². The van der Waals surface area contributed by atoms with E-state index in [1.165, 1.54) is 0 Å². The minimum atomic E-state index is 0.801. The van der Waals surface area contributed by atoms with Crippen molar-refractivity contribution in [1.29, 1.82) is 0 Å². The van der Waals surface area contributed by atoms with Crippen molar-refractivity contribution in [2.75, 3.05) is 0 Å². The summed E-state index contributed by atoms with van der Waals surface area (Å²) in [6, 6.07) is 42.8. The summed E-state index contributed by atoms with van der Waals surface area (Å²) in [5, 5.41) is 0. The zero-order valence-electron chi connectivity index (χ0n) is 20.5. The molecule has 1 heterocycles. The van der Waals surface area contributed by atoms with Crippen LogP contribution in [0.3, 0.4) is 0 Å². The fourth-order valence-corrected chi connectivity index (χ4v) is 4.05. The van der Waals surface area contributed by atoms with Gasteiger partial charge < -0.3 is 0 Å². The third-order valence-corrected chi connectivity index (χ3v) is 6.02. The summed E-state index contributed by atoms with van der Waals surface area (Å²) in [6.07, 6.45) is 0. The molecular formula is C33H27N3. The summed E-state index contributed by atoms with van der Waals surface area (Å²) < 4.78 is 0. The van der Waals surface area contributed by atoms with Crippen LogP contribution in [0.1, 0.15) is 33.6 Å². The Morgan fingerprint density at radius 2 is 0.833 bits per heavy atom. The molecule has 0 saturated heterocycles. The normalized spacial score (nSPS) is 11.9. The molecule has 4 aromatic carbocycles. The first-order chi connectivity index (χ1) is 17.7. The van der Waals surface area contributed by atoms with Crippen molar-refractivity contribution >= 4 is 22.8 Å². The van der Waals surface area contributed by atoms with Crippen LogP contribution in [0.15, 0.2) is 137 Å². The van der Waals surface area contributed by atoms with Gasteiger partial charge in [-0.15, -0.1) is 0 Å². The number of aliphatic imine (C=N–C) groups is 2. The largest absolute Gasteiger partial charge is 0.246 e. The van der Waals surface area contributed by atoms with Gasteiger partial charge in [-0.2, -0.15) is 0 Å². The Morgan fingerprint density at radius 1 is 0.444 bits per heavy atom. The fourth-order valence-electron chi connectivity index (χ4n) is 4.05. The summed E-state index contributed by atoms with van der Waals surface area (Å²) >= 11 is 0. The van der Waals surface area contributed by atoms with Gasteiger partial charge in [-0.1, -0.05) is 103 Å². The molecule has 0 aliphatic heterocycles. The molecule has 0 atom stereocenters. The predicted octanol–water partition coefficient (Wildman–Crippen LogP) is 8.04. The van der Waals surface area contributed by atoms with Crippen LogP contribution >= 0.6 is 0 Å². The molecule has 0 amide bonds. The van der Waals surface area contributed by atoms with Crippen LogP contribution in [-0.2, 0) is 0 Å². The van der Waals surface area contributed by atoms with Crippen molar-refractivity contribution in [2.45, 2.75) is 13.8 Å². The minimum Gasteiger partial charge on any atom is -0.246 e. The molecule has 0 aliphatic carbocycles. The highest BCUT2D eigenvalue weighted by Crippen LogP contribution is 2.24. The lowest BCUT2D eigenvalue weighted by atomic mass is 10.0. The molecule has 0 fully saturated rings. The van der Waals surface area contributed by atoms with Crippen LogP contribution in [0.4, 0.5) is 11.4 Å². The van der Waals surface area contributed by atoms with Gasteiger partial charge in [-0.25, -0.2) is 15.0 Å². The summed E-state index contributed by atoms with van der Waals surface area (Å²) in [6.45, 7) is 4.15. The van der Waals surface area contributed by atoms with Gasteiger partial charge in [0.15, 0.2) is 0 Å². The fraction of sp³-hybridized carbons (Fsp3) is 0.0606. The Kier molecular flexibility index (Phi) is 6.90.